The van der Waals surface area contributed by atoms with E-state index in [9.17, 15) is 5.11 Å². The highest BCUT2D eigenvalue weighted by atomic mass is 16.3. The highest BCUT2D eigenvalue weighted by Gasteiger charge is 2.63. The number of rotatable bonds is 0. The van der Waals surface area contributed by atoms with Crippen molar-refractivity contribution >= 4 is 0 Å². The van der Waals surface area contributed by atoms with Crippen molar-refractivity contribution in [2.45, 2.75) is 83.7 Å². The van der Waals surface area contributed by atoms with E-state index >= 15 is 0 Å². The lowest BCUT2D eigenvalue weighted by Gasteiger charge is -2.60. The predicted molar refractivity (Wildman–Crippen MR) is 90.1 cm³/mol. The van der Waals surface area contributed by atoms with Crippen molar-refractivity contribution in [2.24, 2.45) is 34.5 Å². The topological polar surface area (TPSA) is 20.2 Å². The summed E-state index contributed by atoms with van der Waals surface area (Å²) in [4.78, 5) is 0. The molecular weight excluding hydrogens is 268 g/mol. The van der Waals surface area contributed by atoms with Gasteiger partial charge in [-0.2, -0.15) is 0 Å². The third kappa shape index (κ3) is 1.71. The van der Waals surface area contributed by atoms with Gasteiger partial charge in [-0.3, -0.25) is 0 Å². The van der Waals surface area contributed by atoms with Crippen LogP contribution >= 0.6 is 0 Å². The second-order valence-corrected chi connectivity index (χ2v) is 9.40. The average molecular weight is 300 g/mol. The lowest BCUT2D eigenvalue weighted by Crippen LogP contribution is -2.55. The largest absolute Gasteiger partial charge is 0.377 e. The van der Waals surface area contributed by atoms with Crippen LogP contribution in [0.5, 0.6) is 0 Å². The van der Waals surface area contributed by atoms with Gasteiger partial charge in [0.05, 0.1) is 0 Å². The molecule has 1 nitrogen and oxygen atoms in total. The molecule has 0 radical (unpaired) electrons. The normalized spacial score (nSPS) is 57.4. The molecular formula is C21H32O. The predicted octanol–water partition coefficient (Wildman–Crippen LogP) is 4.78. The van der Waals surface area contributed by atoms with E-state index < -0.39 is 5.60 Å². The van der Waals surface area contributed by atoms with Crippen LogP contribution in [-0.4, -0.2) is 10.7 Å². The molecule has 0 bridgehead atoms. The average Bonchev–Trinajstić information content (AvgIpc) is 2.79. The van der Waals surface area contributed by atoms with E-state index in [2.05, 4.69) is 19.8 Å². The molecule has 22 heavy (non-hydrogen) atoms. The van der Waals surface area contributed by atoms with Gasteiger partial charge < -0.3 is 5.11 Å². The van der Waals surface area contributed by atoms with Crippen LogP contribution in [-0.2, 0) is 0 Å². The quantitative estimate of drug-likeness (QED) is 0.638. The van der Waals surface area contributed by atoms with Crippen molar-refractivity contribution in [2.75, 3.05) is 0 Å². The number of terminal acetylenes is 1. The van der Waals surface area contributed by atoms with E-state index in [-0.39, 0.29) is 5.41 Å². The molecule has 0 saturated heterocycles. The van der Waals surface area contributed by atoms with E-state index in [1.54, 1.807) is 0 Å². The first kappa shape index (κ1) is 15.1. The smallest absolute Gasteiger partial charge is 0.130 e. The molecule has 4 aliphatic rings. The summed E-state index contributed by atoms with van der Waals surface area (Å²) in [5.74, 6) is 6.14. The Kier molecular flexibility index (Phi) is 3.26. The van der Waals surface area contributed by atoms with Crippen molar-refractivity contribution < 1.29 is 5.11 Å². The van der Waals surface area contributed by atoms with Gasteiger partial charge in [0.25, 0.3) is 0 Å². The molecule has 1 heteroatoms. The van der Waals surface area contributed by atoms with Crippen LogP contribution < -0.4 is 0 Å². The second-order valence-electron chi connectivity index (χ2n) is 9.40. The Morgan fingerprint density at radius 2 is 1.68 bits per heavy atom. The number of fused-ring (bicyclic) bond motifs is 5. The molecule has 0 heterocycles. The van der Waals surface area contributed by atoms with Crippen LogP contribution in [0.3, 0.4) is 0 Å². The zero-order valence-corrected chi connectivity index (χ0v) is 14.4. The molecule has 4 aliphatic carbocycles. The Morgan fingerprint density at radius 1 is 0.909 bits per heavy atom. The Hall–Kier alpha value is -0.480. The van der Waals surface area contributed by atoms with E-state index in [1.807, 2.05) is 0 Å². The standard InChI is InChI=1S/C21H32O/c1-4-21(22)14-11-18-16-9-8-15-7-5-6-12-19(15,2)17(16)10-13-20(18,21)3/h1,15-18,22H,5-14H2,2-3H3. The molecule has 4 rings (SSSR count). The molecule has 4 fully saturated rings. The summed E-state index contributed by atoms with van der Waals surface area (Å²) in [6, 6.07) is 0. The van der Waals surface area contributed by atoms with E-state index in [0.29, 0.717) is 11.3 Å². The first-order valence-electron chi connectivity index (χ1n) is 9.65. The lowest BCUT2D eigenvalue weighted by atomic mass is 9.44. The maximum absolute atomic E-state index is 11.0. The minimum Gasteiger partial charge on any atom is -0.377 e. The van der Waals surface area contributed by atoms with Crippen molar-refractivity contribution in [3.8, 4) is 12.3 Å². The molecule has 7 unspecified atom stereocenters. The first-order valence-corrected chi connectivity index (χ1v) is 9.65. The molecule has 122 valence electrons. The molecule has 0 aliphatic heterocycles. The fraction of sp³-hybridized carbons (Fsp3) is 0.905. The van der Waals surface area contributed by atoms with Crippen LogP contribution in [0.25, 0.3) is 0 Å². The Bertz CT molecular complexity index is 505. The van der Waals surface area contributed by atoms with Gasteiger partial charge in [0, 0.05) is 5.41 Å². The Balaban J connectivity index is 1.67. The highest BCUT2D eigenvalue weighted by molar-refractivity contribution is 5.23. The number of hydrogen-bond donors (Lipinski definition) is 1. The van der Waals surface area contributed by atoms with Crippen molar-refractivity contribution in [1.29, 1.82) is 0 Å². The zero-order valence-electron chi connectivity index (χ0n) is 14.4. The van der Waals surface area contributed by atoms with E-state index in [1.165, 1.54) is 44.9 Å². The molecule has 4 saturated carbocycles. The van der Waals surface area contributed by atoms with Crippen LogP contribution in [0.4, 0.5) is 0 Å². The van der Waals surface area contributed by atoms with E-state index in [4.69, 9.17) is 6.42 Å². The fourth-order valence-corrected chi connectivity index (χ4v) is 7.55. The van der Waals surface area contributed by atoms with Crippen LogP contribution in [0.1, 0.15) is 78.1 Å². The maximum atomic E-state index is 11.0. The van der Waals surface area contributed by atoms with Crippen LogP contribution in [0.2, 0.25) is 0 Å². The molecule has 0 aromatic rings. The molecule has 7 atom stereocenters. The summed E-state index contributed by atoms with van der Waals surface area (Å²) in [5, 5.41) is 11.0. The van der Waals surface area contributed by atoms with Gasteiger partial charge in [-0.1, -0.05) is 32.6 Å². The lowest BCUT2D eigenvalue weighted by molar-refractivity contribution is -0.134. The summed E-state index contributed by atoms with van der Waals surface area (Å²) in [6.45, 7) is 4.91. The Morgan fingerprint density at radius 3 is 2.45 bits per heavy atom. The van der Waals surface area contributed by atoms with Gasteiger partial charge in [0.1, 0.15) is 5.60 Å². The van der Waals surface area contributed by atoms with Gasteiger partial charge in [0.15, 0.2) is 0 Å². The fourth-order valence-electron chi connectivity index (χ4n) is 7.55. The summed E-state index contributed by atoms with van der Waals surface area (Å²) >= 11 is 0. The van der Waals surface area contributed by atoms with Crippen LogP contribution in [0, 0.1) is 46.8 Å². The number of aliphatic hydroxyl groups is 1. The molecule has 1 N–H and O–H groups in total. The first-order chi connectivity index (χ1) is 10.4. The van der Waals surface area contributed by atoms with Gasteiger partial charge in [-0.25, -0.2) is 0 Å². The monoisotopic (exact) mass is 300 g/mol. The molecule has 0 aromatic heterocycles. The summed E-state index contributed by atoms with van der Waals surface area (Å²) in [6.07, 6.45) is 18.8. The van der Waals surface area contributed by atoms with Crippen molar-refractivity contribution in [1.82, 2.24) is 0 Å². The number of hydrogen-bond acceptors (Lipinski definition) is 1. The second kappa shape index (κ2) is 4.76. The highest BCUT2D eigenvalue weighted by Crippen LogP contribution is 2.68. The molecule has 0 aromatic carbocycles. The van der Waals surface area contributed by atoms with Crippen LogP contribution in [0.15, 0.2) is 0 Å². The van der Waals surface area contributed by atoms with Crippen molar-refractivity contribution in [3.63, 3.8) is 0 Å². The summed E-state index contributed by atoms with van der Waals surface area (Å²) in [7, 11) is 0. The molecule has 0 spiro atoms. The van der Waals surface area contributed by atoms with Gasteiger partial charge in [-0.15, -0.1) is 6.42 Å². The van der Waals surface area contributed by atoms with Crippen molar-refractivity contribution in [3.05, 3.63) is 0 Å². The van der Waals surface area contributed by atoms with Gasteiger partial charge >= 0.3 is 0 Å². The minimum atomic E-state index is -0.840. The van der Waals surface area contributed by atoms with Gasteiger partial charge in [0.2, 0.25) is 0 Å². The third-order valence-electron chi connectivity index (χ3n) is 8.97. The zero-order chi connectivity index (χ0) is 15.6. The maximum Gasteiger partial charge on any atom is 0.130 e. The van der Waals surface area contributed by atoms with Gasteiger partial charge in [-0.05, 0) is 80.5 Å². The van der Waals surface area contributed by atoms with E-state index in [0.717, 1.165) is 37.0 Å². The summed E-state index contributed by atoms with van der Waals surface area (Å²) in [5.41, 5.74) is -0.285. The minimum absolute atomic E-state index is 0.0270. The third-order valence-corrected chi connectivity index (χ3v) is 8.97. The summed E-state index contributed by atoms with van der Waals surface area (Å²) < 4.78 is 0. The SMILES string of the molecule is C#CC1(O)CCC2C3CCC4CCCCC4(C)C3CCC21C. The Labute approximate surface area is 136 Å². The molecule has 0 amide bonds.